The number of ether oxygens (including phenoxy) is 4. The molecule has 2 atom stereocenters. The quantitative estimate of drug-likeness (QED) is 0.0113. The Kier molecular flexibility index (Phi) is 30.9. The summed E-state index contributed by atoms with van der Waals surface area (Å²) < 4.78 is 53.7. The number of nitrogens with zero attached hydrogens (tertiary/aromatic N) is 4. The van der Waals surface area contributed by atoms with Crippen LogP contribution in [0.15, 0.2) is 102 Å². The molecule has 33 heteroatoms. The maximum Gasteiger partial charge on any atom is 0.345 e. The Morgan fingerprint density at radius 3 is 2.06 bits per heavy atom. The molecule has 90 heavy (non-hydrogen) atoms. The molecule has 1 aliphatic carbocycles. The topological polar surface area (TPSA) is 373 Å². The third-order valence-corrected chi connectivity index (χ3v) is 15.4. The maximum absolute atomic E-state index is 12.4. The number of nitro groups is 2. The first kappa shape index (κ1) is 77.1. The van der Waals surface area contributed by atoms with Crippen molar-refractivity contribution in [1.82, 2.24) is 5.32 Å². The highest BCUT2D eigenvalue weighted by Crippen LogP contribution is 2.37. The van der Waals surface area contributed by atoms with E-state index >= 15 is 0 Å². The minimum absolute atomic E-state index is 0.0223. The lowest BCUT2D eigenvalue weighted by molar-refractivity contribution is -0.385. The van der Waals surface area contributed by atoms with Crippen molar-refractivity contribution in [3.05, 3.63) is 150 Å². The largest absolute Gasteiger partial charge is 0.489 e. The number of ketones is 3. The van der Waals surface area contributed by atoms with Crippen LogP contribution in [-0.4, -0.2) is 144 Å². The van der Waals surface area contributed by atoms with Crippen LogP contribution in [0.25, 0.3) is 0 Å². The van der Waals surface area contributed by atoms with Crippen molar-refractivity contribution >= 4 is 139 Å². The number of carbonyl (C=O) groups excluding carboxylic acids is 6. The Hall–Kier alpha value is -7.14. The summed E-state index contributed by atoms with van der Waals surface area (Å²) in [6, 6.07) is 24.5. The molecule has 4 N–H and O–H groups in total. The molecule has 1 heterocycles. The van der Waals surface area contributed by atoms with Gasteiger partial charge in [-0.15, -0.1) is 11.6 Å². The van der Waals surface area contributed by atoms with Crippen LogP contribution < -0.4 is 24.6 Å². The zero-order valence-electron chi connectivity index (χ0n) is 49.1. The number of esters is 1. The molecule has 1 aliphatic heterocycles. The van der Waals surface area contributed by atoms with E-state index in [1.54, 1.807) is 29.0 Å². The Balaban J connectivity index is 0.000000300. The summed E-state index contributed by atoms with van der Waals surface area (Å²) in [4.78, 5) is 120. The molecule has 5 aromatic rings. The van der Waals surface area contributed by atoms with Crippen molar-refractivity contribution in [2.24, 2.45) is 5.92 Å². The summed E-state index contributed by atoms with van der Waals surface area (Å²) in [6.45, 7) is 8.46. The van der Waals surface area contributed by atoms with Crippen molar-refractivity contribution in [2.45, 2.75) is 75.2 Å². The predicted octanol–water partition coefficient (Wildman–Crippen LogP) is 10.2. The molecule has 2 unspecified atom stereocenters. The molecular weight excluding hydrogens is 1330 g/mol. The second-order valence-electron chi connectivity index (χ2n) is 19.3. The Bertz CT molecular complexity index is 3600. The van der Waals surface area contributed by atoms with E-state index in [4.69, 9.17) is 87.1 Å². The Morgan fingerprint density at radius 2 is 1.52 bits per heavy atom. The average molecular weight is 1390 g/mol. The predicted molar refractivity (Wildman–Crippen MR) is 336 cm³/mol. The van der Waals surface area contributed by atoms with Crippen molar-refractivity contribution in [3.63, 3.8) is 0 Å². The SMILES string of the molecule is CC1COc2ccccc2N1C(=O)C(Cl)Cl.CCc1cccc(C)c1N(C(=O)CCl)C(C)COC.COC(=O)c1cc(Oc2ccc(Cl)cc2Cl)ccc1[N+](=O)[O-].CS(=O)(=O)c1ccc(C(=O)C2C(=O)CCCC2=O)c([N+](=O)[O-])c1.O=C(O)CNCP(=O)(O)O. The fraction of sp³-hybridized carbons (Fsp3) is 0.351. The molecule has 0 spiro atoms. The van der Waals surface area contributed by atoms with Crippen LogP contribution in [0.3, 0.4) is 0 Å². The van der Waals surface area contributed by atoms with Crippen LogP contribution in [0.1, 0.15) is 71.9 Å². The summed E-state index contributed by atoms with van der Waals surface area (Å²) in [5, 5.41) is 32.8. The highest BCUT2D eigenvalue weighted by atomic mass is 35.5. The number of hydrogen-bond acceptors (Lipinski definition) is 19. The lowest BCUT2D eigenvalue weighted by Gasteiger charge is -2.35. The van der Waals surface area contributed by atoms with E-state index in [-0.39, 0.29) is 69.5 Å². The van der Waals surface area contributed by atoms with Gasteiger partial charge < -0.3 is 43.6 Å². The molecule has 0 aromatic heterocycles. The smallest absolute Gasteiger partial charge is 0.345 e. The van der Waals surface area contributed by atoms with E-state index < -0.39 is 91.4 Å². The number of sulfone groups is 1. The lowest BCUT2D eigenvalue weighted by atomic mass is 9.81. The van der Waals surface area contributed by atoms with E-state index in [1.165, 1.54) is 18.2 Å². The number of carboxylic acid groups (broad SMARTS) is 1. The molecule has 7 rings (SSSR count). The fourth-order valence-electron chi connectivity index (χ4n) is 8.52. The average Bonchev–Trinajstić information content (AvgIpc) is 0.903. The minimum atomic E-state index is -4.10. The summed E-state index contributed by atoms with van der Waals surface area (Å²) >= 11 is 28.8. The normalized spacial score (nSPS) is 13.9. The number of para-hydroxylation sites is 3. The van der Waals surface area contributed by atoms with Crippen molar-refractivity contribution in [1.29, 1.82) is 0 Å². The summed E-state index contributed by atoms with van der Waals surface area (Å²) in [6.07, 6.45) is 1.65. The second-order valence-corrected chi connectivity index (χ2v) is 25.2. The number of aryl methyl sites for hydroxylation is 2. The molecule has 2 amide bonds. The number of carbonyl (C=O) groups is 7. The van der Waals surface area contributed by atoms with Gasteiger partial charge in [-0.2, -0.15) is 0 Å². The summed E-state index contributed by atoms with van der Waals surface area (Å²) in [7, 11) is -5.02. The molecule has 1 fully saturated rings. The van der Waals surface area contributed by atoms with E-state index in [0.717, 1.165) is 66.6 Å². The van der Waals surface area contributed by atoms with Crippen molar-refractivity contribution < 1.29 is 90.2 Å². The fourth-order valence-corrected chi connectivity index (χ4v) is 10.4. The molecule has 1 saturated carbocycles. The third-order valence-electron chi connectivity index (χ3n) is 12.5. The van der Waals surface area contributed by atoms with Gasteiger partial charge in [0, 0.05) is 49.4 Å². The zero-order valence-corrected chi connectivity index (χ0v) is 54.6. The number of alkyl halides is 3. The molecule has 488 valence electrons. The van der Waals surface area contributed by atoms with Gasteiger partial charge in [0.25, 0.3) is 17.3 Å². The van der Waals surface area contributed by atoms with Gasteiger partial charge in [-0.1, -0.05) is 83.7 Å². The number of halogens is 5. The number of rotatable bonds is 19. The first-order chi connectivity index (χ1) is 42.1. The number of methoxy groups -OCH3 is 2. The molecule has 26 nitrogen and oxygen atoms in total. The maximum atomic E-state index is 12.4. The second kappa shape index (κ2) is 36.0. The molecular formula is C57H63Cl5N5O21PS. The number of hydrogen-bond donors (Lipinski definition) is 4. The minimum Gasteiger partial charge on any atom is -0.489 e. The van der Waals surface area contributed by atoms with Gasteiger partial charge in [-0.25, -0.2) is 13.2 Å². The van der Waals surface area contributed by atoms with Crippen molar-refractivity contribution in [2.75, 3.05) is 62.2 Å². The van der Waals surface area contributed by atoms with Gasteiger partial charge in [0.05, 0.1) is 75.3 Å². The summed E-state index contributed by atoms with van der Waals surface area (Å²) in [5.74, 6) is -4.83. The molecule has 0 bridgehead atoms. The first-order valence-electron chi connectivity index (χ1n) is 26.5. The lowest BCUT2D eigenvalue weighted by Crippen LogP contribution is -2.47. The number of benzene rings is 5. The number of nitro benzene ring substituents is 2. The number of Topliss-reactive ketones (excluding diaryl/α,β-unsaturated/α-hetero) is 3. The number of amides is 2. The van der Waals surface area contributed by atoms with Gasteiger partial charge in [0.1, 0.15) is 41.2 Å². The highest BCUT2D eigenvalue weighted by Gasteiger charge is 2.39. The third kappa shape index (κ3) is 23.0. The van der Waals surface area contributed by atoms with Gasteiger partial charge in [-0.05, 0) is 93.3 Å². The molecule has 0 saturated heterocycles. The van der Waals surface area contributed by atoms with Gasteiger partial charge >= 0.3 is 19.5 Å². The standard InChI is InChI=1S/C15H22ClNO2.C14H9Cl2NO5.C14H13NO7S.C11H11Cl2NO2.C3H8NO5P/c1-5-13-8-6-7-11(2)15(13)17(14(18)9-16)12(3)10-19-4;1-21-14(18)10-7-9(3-4-12(10)17(19)20)22-13-5-2-8(15)6-11(13)16;1-23(21,22)8-5-6-9(10(7-8)15(19)20)14(18)13-11(16)3-2-4-12(13)17;1-7-6-16-9-5-3-2-4-8(9)14(7)11(15)10(12)13;5-3(6)1-4-2-10(7,8)9/h6-8,12H,5,9-10H2,1-4H3;2-7H,1H3;5-7,13H,2-4H2,1H3;2-5,7,10H,6H2,1H3;4H,1-2H2,(H,5,6)(H2,7,8,9). The van der Waals surface area contributed by atoms with E-state index in [0.29, 0.717) is 36.2 Å². The van der Waals surface area contributed by atoms with Crippen LogP contribution in [0, 0.1) is 33.1 Å². The highest BCUT2D eigenvalue weighted by molar-refractivity contribution is 7.90. The van der Waals surface area contributed by atoms with Crippen molar-refractivity contribution in [3.8, 4) is 17.2 Å². The zero-order chi connectivity index (χ0) is 68.0. The number of fused-ring (bicyclic) bond motifs is 1. The van der Waals surface area contributed by atoms with E-state index in [2.05, 4.69) is 23.0 Å². The van der Waals surface area contributed by atoms with Gasteiger partial charge in [0.2, 0.25) is 5.91 Å². The van der Waals surface area contributed by atoms with Gasteiger partial charge in [-0.3, -0.25) is 58.9 Å². The van der Waals surface area contributed by atoms with Gasteiger partial charge in [0.15, 0.2) is 32.0 Å². The van der Waals surface area contributed by atoms with Crippen LogP contribution in [-0.2, 0) is 54.3 Å². The number of anilines is 2. The molecule has 5 aromatic carbocycles. The number of carboxylic acids is 1. The van der Waals surface area contributed by atoms with E-state index in [9.17, 15) is 66.8 Å². The monoisotopic (exact) mass is 1390 g/mol. The van der Waals surface area contributed by atoms with Crippen LogP contribution >= 0.6 is 65.6 Å². The summed E-state index contributed by atoms with van der Waals surface area (Å²) in [5.41, 5.74) is 2.18. The molecule has 0 radical (unpaired) electrons. The number of aliphatic carboxylic acids is 1. The van der Waals surface area contributed by atoms with Crippen LogP contribution in [0.4, 0.5) is 22.7 Å². The van der Waals surface area contributed by atoms with Crippen LogP contribution in [0.5, 0.6) is 17.2 Å². The Morgan fingerprint density at radius 1 is 0.889 bits per heavy atom. The van der Waals surface area contributed by atoms with E-state index in [1.807, 2.05) is 57.2 Å². The number of nitrogens with one attached hydrogen (secondary N) is 1. The first-order valence-corrected chi connectivity index (χ1v) is 32.3. The van der Waals surface area contributed by atoms with Crippen LogP contribution in [0.2, 0.25) is 10.0 Å². The Labute approximate surface area is 541 Å². The molecule has 2 aliphatic rings.